The highest BCUT2D eigenvalue weighted by Gasteiger charge is 2.24. The molecule has 6 nitrogen and oxygen atoms in total. The molecule has 3 unspecified atom stereocenters. The first-order chi connectivity index (χ1) is 32.0. The molecule has 0 radical (unpaired) electrons. The summed E-state index contributed by atoms with van der Waals surface area (Å²) in [6.45, 7) is 6.28. The lowest BCUT2D eigenvalue weighted by Crippen LogP contribution is -2.46. The number of aliphatic hydroxyl groups excluding tert-OH is 2. The number of carbonyl (C=O) groups is 2. The van der Waals surface area contributed by atoms with Crippen LogP contribution in [0.15, 0.2) is 109 Å². The van der Waals surface area contributed by atoms with Crippen LogP contribution in [0.4, 0.5) is 0 Å². The number of unbranched alkanes of at least 4 members (excludes halogenated alkanes) is 23. The number of hydrogen-bond donors (Lipinski definition) is 3. The van der Waals surface area contributed by atoms with E-state index in [-0.39, 0.29) is 24.9 Å². The highest BCUT2D eigenvalue weighted by atomic mass is 16.5. The molecule has 0 aliphatic heterocycles. The zero-order valence-corrected chi connectivity index (χ0v) is 42.1. The molecule has 0 aromatic heterocycles. The van der Waals surface area contributed by atoms with Gasteiger partial charge in [-0.15, -0.1) is 0 Å². The molecule has 0 aliphatic carbocycles. The second kappa shape index (κ2) is 51.5. The quantitative estimate of drug-likeness (QED) is 0.0321. The van der Waals surface area contributed by atoms with Crippen LogP contribution in [0.3, 0.4) is 0 Å². The monoisotopic (exact) mass is 902 g/mol. The lowest BCUT2D eigenvalue weighted by molar-refractivity contribution is -0.151. The minimum atomic E-state index is -0.814. The van der Waals surface area contributed by atoms with Gasteiger partial charge in [0, 0.05) is 6.42 Å². The van der Waals surface area contributed by atoms with Crippen molar-refractivity contribution < 1.29 is 24.5 Å². The van der Waals surface area contributed by atoms with Crippen molar-refractivity contribution in [3.05, 3.63) is 109 Å². The minimum absolute atomic E-state index is 0.0275. The summed E-state index contributed by atoms with van der Waals surface area (Å²) in [6, 6.07) is -0.732. The van der Waals surface area contributed by atoms with Crippen LogP contribution in [0.2, 0.25) is 0 Å². The molecule has 0 rings (SSSR count). The smallest absolute Gasteiger partial charge is 0.306 e. The number of amides is 1. The SMILES string of the molecule is CC/C=C/C=C/C=C\C=C/C=C/CCCCCC(=O)OC(CCCCC/C=C/C=C/C=C/C=C/CCCCC)CC(=O)NC(CO)C(O)CCCCCCCCCCCCCCCCC. The molecule has 0 aromatic carbocycles. The maximum absolute atomic E-state index is 13.2. The van der Waals surface area contributed by atoms with Gasteiger partial charge in [-0.05, 0) is 70.6 Å². The summed E-state index contributed by atoms with van der Waals surface area (Å²) >= 11 is 0. The highest BCUT2D eigenvalue weighted by Crippen LogP contribution is 2.17. The number of esters is 1. The summed E-state index contributed by atoms with van der Waals surface area (Å²) in [5.41, 5.74) is 0. The van der Waals surface area contributed by atoms with Crippen LogP contribution in [-0.2, 0) is 14.3 Å². The highest BCUT2D eigenvalue weighted by molar-refractivity contribution is 5.77. The van der Waals surface area contributed by atoms with Crippen LogP contribution >= 0.6 is 0 Å². The Morgan fingerprint density at radius 2 is 0.831 bits per heavy atom. The number of allylic oxidation sites excluding steroid dienone is 18. The summed E-state index contributed by atoms with van der Waals surface area (Å²) < 4.78 is 5.90. The van der Waals surface area contributed by atoms with Gasteiger partial charge in [-0.1, -0.05) is 252 Å². The number of ether oxygens (including phenoxy) is 1. The number of aliphatic hydroxyl groups is 2. The van der Waals surface area contributed by atoms with Crippen LogP contribution < -0.4 is 5.32 Å². The number of rotatable bonds is 46. The number of carbonyl (C=O) groups excluding carboxylic acids is 2. The molecule has 0 fully saturated rings. The van der Waals surface area contributed by atoms with Gasteiger partial charge in [-0.25, -0.2) is 0 Å². The third-order valence-electron chi connectivity index (χ3n) is 11.6. The van der Waals surface area contributed by atoms with Gasteiger partial charge in [-0.2, -0.15) is 0 Å². The molecule has 0 heterocycles. The van der Waals surface area contributed by atoms with Crippen molar-refractivity contribution in [2.24, 2.45) is 0 Å². The van der Waals surface area contributed by atoms with Crippen molar-refractivity contribution in [3.63, 3.8) is 0 Å². The zero-order valence-electron chi connectivity index (χ0n) is 42.1. The Morgan fingerprint density at radius 1 is 0.462 bits per heavy atom. The minimum Gasteiger partial charge on any atom is -0.462 e. The largest absolute Gasteiger partial charge is 0.462 e. The maximum Gasteiger partial charge on any atom is 0.306 e. The molecule has 0 aliphatic rings. The van der Waals surface area contributed by atoms with E-state index in [4.69, 9.17) is 4.74 Å². The van der Waals surface area contributed by atoms with E-state index in [0.717, 1.165) is 83.5 Å². The standard InChI is InChI=1S/C59H99NO5/c1-4-7-10-13-16-19-22-25-28-31-32-35-38-41-44-47-50-55(65-59(64)52-49-46-43-40-37-34-30-27-24-21-18-15-12-9-6-3)53-58(63)60-56(54-61)57(62)51-48-45-42-39-36-33-29-26-23-20-17-14-11-8-5-2/h9,12,15-16,18-19,21-22,24-25,27-28,30-32,34-35,37,55-57,61-62H,4-8,10-11,13-14,17,20,23,26,29,33,36,38-54H2,1-3H3,(H,60,63)/b12-9+,18-15+,19-16+,24-21-,25-22+,30-27-,31-28+,35-32+,37-34+. The fraction of sp³-hybridized carbons (Fsp3) is 0.661. The van der Waals surface area contributed by atoms with Crippen LogP contribution in [0, 0.1) is 0 Å². The Balaban J connectivity index is 4.76. The van der Waals surface area contributed by atoms with Gasteiger partial charge in [0.1, 0.15) is 6.10 Å². The van der Waals surface area contributed by atoms with Crippen molar-refractivity contribution in [2.45, 2.75) is 244 Å². The fourth-order valence-corrected chi connectivity index (χ4v) is 7.52. The van der Waals surface area contributed by atoms with Crippen LogP contribution in [0.1, 0.15) is 226 Å². The van der Waals surface area contributed by atoms with Gasteiger partial charge in [0.15, 0.2) is 0 Å². The Bertz CT molecular complexity index is 1330. The van der Waals surface area contributed by atoms with Crippen LogP contribution in [0.5, 0.6) is 0 Å². The molecule has 6 heteroatoms. The van der Waals surface area contributed by atoms with E-state index >= 15 is 0 Å². The molecular formula is C59H99NO5. The molecule has 0 saturated carbocycles. The van der Waals surface area contributed by atoms with Gasteiger partial charge in [0.2, 0.25) is 5.91 Å². The van der Waals surface area contributed by atoms with Crippen molar-refractivity contribution >= 4 is 11.9 Å². The summed E-state index contributed by atoms with van der Waals surface area (Å²) in [7, 11) is 0. The Hall–Kier alpha value is -3.48. The third-order valence-corrected chi connectivity index (χ3v) is 11.6. The summed E-state index contributed by atoms with van der Waals surface area (Å²) in [5.74, 6) is -0.569. The van der Waals surface area contributed by atoms with Gasteiger partial charge >= 0.3 is 5.97 Å². The van der Waals surface area contributed by atoms with E-state index in [9.17, 15) is 19.8 Å². The number of hydrogen-bond acceptors (Lipinski definition) is 5. The van der Waals surface area contributed by atoms with Crippen LogP contribution in [0.25, 0.3) is 0 Å². The first-order valence-electron chi connectivity index (χ1n) is 26.7. The molecule has 3 atom stereocenters. The zero-order chi connectivity index (χ0) is 47.4. The first-order valence-corrected chi connectivity index (χ1v) is 26.7. The Morgan fingerprint density at radius 3 is 1.29 bits per heavy atom. The average Bonchev–Trinajstić information content (AvgIpc) is 3.30. The molecule has 1 amide bonds. The molecular weight excluding hydrogens is 803 g/mol. The molecule has 0 bridgehead atoms. The Kier molecular flexibility index (Phi) is 48.7. The number of nitrogens with one attached hydrogen (secondary N) is 1. The van der Waals surface area contributed by atoms with E-state index in [1.807, 2.05) is 60.8 Å². The fourth-order valence-electron chi connectivity index (χ4n) is 7.52. The molecule has 0 saturated heterocycles. The molecule has 65 heavy (non-hydrogen) atoms. The van der Waals surface area contributed by atoms with E-state index < -0.39 is 18.2 Å². The average molecular weight is 902 g/mol. The van der Waals surface area contributed by atoms with Crippen molar-refractivity contribution in [1.82, 2.24) is 5.32 Å². The lowest BCUT2D eigenvalue weighted by atomic mass is 10.0. The van der Waals surface area contributed by atoms with Crippen molar-refractivity contribution in [3.8, 4) is 0 Å². The molecule has 370 valence electrons. The van der Waals surface area contributed by atoms with Gasteiger partial charge in [0.05, 0.1) is 25.2 Å². The van der Waals surface area contributed by atoms with Gasteiger partial charge in [-0.3, -0.25) is 9.59 Å². The Labute approximate surface area is 400 Å². The van der Waals surface area contributed by atoms with Gasteiger partial charge in [0.25, 0.3) is 0 Å². The van der Waals surface area contributed by atoms with Crippen molar-refractivity contribution in [2.75, 3.05) is 6.61 Å². The maximum atomic E-state index is 13.2. The van der Waals surface area contributed by atoms with E-state index in [0.29, 0.717) is 19.3 Å². The second-order valence-corrected chi connectivity index (χ2v) is 17.8. The van der Waals surface area contributed by atoms with Crippen LogP contribution in [-0.4, -0.2) is 46.9 Å². The molecule has 0 spiro atoms. The van der Waals surface area contributed by atoms with Crippen molar-refractivity contribution in [1.29, 1.82) is 0 Å². The predicted molar refractivity (Wildman–Crippen MR) is 282 cm³/mol. The summed E-state index contributed by atoms with van der Waals surface area (Å²) in [4.78, 5) is 26.2. The predicted octanol–water partition coefficient (Wildman–Crippen LogP) is 16.3. The summed E-state index contributed by atoms with van der Waals surface area (Å²) in [5, 5.41) is 23.8. The first kappa shape index (κ1) is 61.5. The molecule has 0 aromatic rings. The summed E-state index contributed by atoms with van der Waals surface area (Å²) in [6.07, 6.45) is 70.0. The van der Waals surface area contributed by atoms with E-state index in [1.165, 1.54) is 96.3 Å². The van der Waals surface area contributed by atoms with E-state index in [2.05, 4.69) is 74.7 Å². The topological polar surface area (TPSA) is 95.9 Å². The lowest BCUT2D eigenvalue weighted by Gasteiger charge is -2.24. The van der Waals surface area contributed by atoms with E-state index in [1.54, 1.807) is 0 Å². The molecule has 3 N–H and O–H groups in total. The van der Waals surface area contributed by atoms with Gasteiger partial charge < -0.3 is 20.3 Å². The third kappa shape index (κ3) is 46.8. The normalized spacial score (nSPS) is 14.1. The second-order valence-electron chi connectivity index (χ2n) is 17.8.